The zero-order valence-corrected chi connectivity index (χ0v) is 24.5. The summed E-state index contributed by atoms with van der Waals surface area (Å²) in [6.07, 6.45) is 2.61. The number of hydrogen-bond donors (Lipinski definition) is 1. The third kappa shape index (κ3) is 9.20. The van der Waals surface area contributed by atoms with Crippen LogP contribution in [0.4, 0.5) is 5.69 Å². The van der Waals surface area contributed by atoms with E-state index in [0.717, 1.165) is 28.1 Å². The highest BCUT2D eigenvalue weighted by Gasteiger charge is 2.29. The molecule has 0 unspecified atom stereocenters. The quantitative estimate of drug-likeness (QED) is 0.341. The molecule has 0 fully saturated rings. The second kappa shape index (κ2) is 14.0. The summed E-state index contributed by atoms with van der Waals surface area (Å²) < 4.78 is 26.2. The highest BCUT2D eigenvalue weighted by atomic mass is 35.5. The van der Waals surface area contributed by atoms with Crippen molar-refractivity contribution in [3.8, 4) is 0 Å². The highest BCUT2D eigenvalue weighted by Crippen LogP contribution is 2.31. The molecule has 0 bridgehead atoms. The molecule has 37 heavy (non-hydrogen) atoms. The van der Waals surface area contributed by atoms with Gasteiger partial charge < -0.3 is 10.2 Å². The van der Waals surface area contributed by atoms with Crippen LogP contribution in [0.15, 0.2) is 42.5 Å². The van der Waals surface area contributed by atoms with Gasteiger partial charge in [0.25, 0.3) is 0 Å². The number of anilines is 1. The molecule has 0 aromatic heterocycles. The first-order chi connectivity index (χ1) is 17.4. The molecule has 2 atom stereocenters. The van der Waals surface area contributed by atoms with E-state index in [1.165, 1.54) is 12.1 Å². The van der Waals surface area contributed by atoms with Crippen LogP contribution in [-0.2, 0) is 26.2 Å². The van der Waals surface area contributed by atoms with E-state index in [0.29, 0.717) is 11.4 Å². The van der Waals surface area contributed by atoms with Gasteiger partial charge in [-0.25, -0.2) is 8.42 Å². The van der Waals surface area contributed by atoms with E-state index in [4.69, 9.17) is 23.2 Å². The Labute approximate surface area is 231 Å². The van der Waals surface area contributed by atoms with Gasteiger partial charge in [0.05, 0.1) is 17.0 Å². The average Bonchev–Trinajstić information content (AvgIpc) is 2.83. The molecule has 0 saturated carbocycles. The Morgan fingerprint density at radius 1 is 1.03 bits per heavy atom. The number of carbonyl (C=O) groups excluding carboxylic acids is 2. The van der Waals surface area contributed by atoms with Crippen LogP contribution >= 0.6 is 23.2 Å². The molecule has 7 nitrogen and oxygen atoms in total. The number of nitrogens with one attached hydrogen (secondary N) is 1. The van der Waals surface area contributed by atoms with Gasteiger partial charge >= 0.3 is 0 Å². The summed E-state index contributed by atoms with van der Waals surface area (Å²) in [6, 6.07) is 11.8. The Bertz CT molecular complexity index is 1170. The van der Waals surface area contributed by atoms with Crippen molar-refractivity contribution in [2.45, 2.75) is 72.0 Å². The summed E-state index contributed by atoms with van der Waals surface area (Å²) in [5, 5.41) is 3.59. The molecule has 0 saturated heterocycles. The highest BCUT2D eigenvalue weighted by molar-refractivity contribution is 7.92. The molecular formula is C27H37Cl2N3O4S. The van der Waals surface area contributed by atoms with Crippen molar-refractivity contribution in [1.29, 1.82) is 0 Å². The van der Waals surface area contributed by atoms with Crippen molar-refractivity contribution < 1.29 is 18.0 Å². The lowest BCUT2D eigenvalue weighted by Gasteiger charge is -2.32. The third-order valence-electron chi connectivity index (χ3n) is 6.19. The van der Waals surface area contributed by atoms with E-state index >= 15 is 0 Å². The molecule has 2 amide bonds. The Morgan fingerprint density at radius 3 is 2.24 bits per heavy atom. The van der Waals surface area contributed by atoms with Gasteiger partial charge in [0.15, 0.2) is 0 Å². The van der Waals surface area contributed by atoms with Crippen LogP contribution in [0.3, 0.4) is 0 Å². The first kappa shape index (κ1) is 30.9. The maximum absolute atomic E-state index is 13.5. The molecule has 204 valence electrons. The molecule has 2 aromatic rings. The zero-order chi connectivity index (χ0) is 27.8. The number of benzene rings is 2. The molecule has 0 aliphatic carbocycles. The Balaban J connectivity index is 2.25. The standard InChI is InChI=1S/C27H37Cl2N3O4S/c1-6-20(4)30-27(34)24(7-2)31(18-21-12-10-19(3)11-13-21)26(33)9-8-16-32(37(5,35)36)25-17-22(28)14-15-23(25)29/h10-15,17,20,24H,6-9,16,18H2,1-5H3,(H,30,34)/t20-,24+/m1/s1. The molecule has 0 radical (unpaired) electrons. The SMILES string of the molecule is CC[C@@H](C)NC(=O)[C@H](CC)N(Cc1ccc(C)cc1)C(=O)CCCN(c1cc(Cl)ccc1Cl)S(C)(=O)=O. The number of rotatable bonds is 13. The summed E-state index contributed by atoms with van der Waals surface area (Å²) in [5.74, 6) is -0.418. The molecule has 2 rings (SSSR count). The van der Waals surface area contributed by atoms with Crippen molar-refractivity contribution in [1.82, 2.24) is 10.2 Å². The average molecular weight is 571 g/mol. The maximum atomic E-state index is 13.5. The summed E-state index contributed by atoms with van der Waals surface area (Å²) in [7, 11) is -3.68. The number of sulfonamides is 1. The number of halogens is 2. The van der Waals surface area contributed by atoms with Crippen LogP contribution in [0.2, 0.25) is 10.0 Å². The van der Waals surface area contributed by atoms with Gasteiger partial charge in [0.2, 0.25) is 21.8 Å². The summed E-state index contributed by atoms with van der Waals surface area (Å²) in [5.41, 5.74) is 2.28. The Kier molecular flexibility index (Phi) is 11.7. The van der Waals surface area contributed by atoms with Gasteiger partial charge in [-0.3, -0.25) is 13.9 Å². The van der Waals surface area contributed by atoms with E-state index in [9.17, 15) is 18.0 Å². The lowest BCUT2D eigenvalue weighted by Crippen LogP contribution is -2.50. The Hall–Kier alpha value is -2.29. The third-order valence-corrected chi connectivity index (χ3v) is 7.92. The predicted octanol–water partition coefficient (Wildman–Crippen LogP) is 5.57. The molecule has 1 N–H and O–H groups in total. The molecule has 0 aliphatic heterocycles. The molecule has 0 spiro atoms. The van der Waals surface area contributed by atoms with E-state index < -0.39 is 16.1 Å². The summed E-state index contributed by atoms with van der Waals surface area (Å²) in [6.45, 7) is 8.10. The van der Waals surface area contributed by atoms with Gasteiger partial charge in [0.1, 0.15) is 6.04 Å². The molecular weight excluding hydrogens is 533 g/mol. The molecule has 0 aliphatic rings. The van der Waals surface area contributed by atoms with Crippen molar-refractivity contribution >= 4 is 50.7 Å². The van der Waals surface area contributed by atoms with Crippen LogP contribution in [0, 0.1) is 6.92 Å². The zero-order valence-electron chi connectivity index (χ0n) is 22.1. The predicted molar refractivity (Wildman–Crippen MR) is 152 cm³/mol. The lowest BCUT2D eigenvalue weighted by molar-refractivity contribution is -0.141. The largest absolute Gasteiger partial charge is 0.352 e. The number of carbonyl (C=O) groups is 2. The molecule has 0 heterocycles. The van der Waals surface area contributed by atoms with Crippen molar-refractivity contribution in [2.75, 3.05) is 17.1 Å². The molecule has 10 heteroatoms. The fraction of sp³-hybridized carbons (Fsp3) is 0.481. The number of aryl methyl sites for hydroxylation is 1. The Morgan fingerprint density at radius 2 is 1.68 bits per heavy atom. The second-order valence-corrected chi connectivity index (χ2v) is 12.0. The van der Waals surface area contributed by atoms with E-state index in [2.05, 4.69) is 5.32 Å². The lowest BCUT2D eigenvalue weighted by atomic mass is 10.1. The fourth-order valence-electron chi connectivity index (χ4n) is 3.91. The van der Waals surface area contributed by atoms with Crippen molar-refractivity contribution in [3.05, 3.63) is 63.6 Å². The number of hydrogen-bond acceptors (Lipinski definition) is 4. The van der Waals surface area contributed by atoms with Crippen LogP contribution in [0.25, 0.3) is 0 Å². The van der Waals surface area contributed by atoms with Gasteiger partial charge in [-0.2, -0.15) is 0 Å². The van der Waals surface area contributed by atoms with Crippen molar-refractivity contribution in [2.24, 2.45) is 0 Å². The smallest absolute Gasteiger partial charge is 0.243 e. The summed E-state index contributed by atoms with van der Waals surface area (Å²) in [4.78, 5) is 28.2. The number of amides is 2. The van der Waals surface area contributed by atoms with Gasteiger partial charge in [-0.1, -0.05) is 66.9 Å². The van der Waals surface area contributed by atoms with Crippen LogP contribution in [0.1, 0.15) is 57.6 Å². The second-order valence-electron chi connectivity index (χ2n) is 9.28. The van der Waals surface area contributed by atoms with Gasteiger partial charge in [-0.15, -0.1) is 0 Å². The number of nitrogens with zero attached hydrogens (tertiary/aromatic N) is 2. The first-order valence-electron chi connectivity index (χ1n) is 12.5. The molecule has 2 aromatic carbocycles. The van der Waals surface area contributed by atoms with Crippen LogP contribution in [0.5, 0.6) is 0 Å². The van der Waals surface area contributed by atoms with Gasteiger partial charge in [0, 0.05) is 30.6 Å². The normalized spacial score (nSPS) is 13.1. The van der Waals surface area contributed by atoms with E-state index in [-0.39, 0.29) is 54.5 Å². The monoisotopic (exact) mass is 569 g/mol. The minimum Gasteiger partial charge on any atom is -0.352 e. The van der Waals surface area contributed by atoms with E-state index in [1.54, 1.807) is 11.0 Å². The van der Waals surface area contributed by atoms with Gasteiger partial charge in [-0.05, 0) is 56.9 Å². The van der Waals surface area contributed by atoms with Crippen molar-refractivity contribution in [3.63, 3.8) is 0 Å². The van der Waals surface area contributed by atoms with Crippen LogP contribution < -0.4 is 9.62 Å². The van der Waals surface area contributed by atoms with E-state index in [1.807, 2.05) is 52.0 Å². The van der Waals surface area contributed by atoms with Crippen LogP contribution in [-0.4, -0.2) is 50.0 Å². The maximum Gasteiger partial charge on any atom is 0.243 e. The minimum atomic E-state index is -3.68. The first-order valence-corrected chi connectivity index (χ1v) is 15.1. The minimum absolute atomic E-state index is 0.0105. The fourth-order valence-corrected chi connectivity index (χ4v) is 5.32. The summed E-state index contributed by atoms with van der Waals surface area (Å²) >= 11 is 12.3. The topological polar surface area (TPSA) is 86.8 Å².